The lowest BCUT2D eigenvalue weighted by molar-refractivity contribution is -0.384. The molecule has 8 heteroatoms. The van der Waals surface area contributed by atoms with Crippen LogP contribution >= 0.6 is 0 Å². The first-order valence-corrected chi connectivity index (χ1v) is 7.90. The van der Waals surface area contributed by atoms with Gasteiger partial charge in [0.1, 0.15) is 5.75 Å². The van der Waals surface area contributed by atoms with Gasteiger partial charge in [0, 0.05) is 6.07 Å². The number of ether oxygens (including phenoxy) is 2. The Morgan fingerprint density at radius 2 is 2.20 bits per heavy atom. The van der Waals surface area contributed by atoms with Crippen molar-refractivity contribution in [3.8, 4) is 5.75 Å². The van der Waals surface area contributed by atoms with Crippen LogP contribution in [0.2, 0.25) is 0 Å². The van der Waals surface area contributed by atoms with Gasteiger partial charge in [0.2, 0.25) is 0 Å². The minimum absolute atomic E-state index is 0.150. The van der Waals surface area contributed by atoms with E-state index in [4.69, 9.17) is 9.47 Å². The highest BCUT2D eigenvalue weighted by atomic mass is 16.6. The van der Waals surface area contributed by atoms with Crippen molar-refractivity contribution < 1.29 is 24.0 Å². The molecule has 2 atom stereocenters. The fourth-order valence-electron chi connectivity index (χ4n) is 2.51. The molecule has 1 aromatic rings. The predicted octanol–water partition coefficient (Wildman–Crippen LogP) is 2.83. The van der Waals surface area contributed by atoms with Crippen molar-refractivity contribution in [2.45, 2.75) is 32.3 Å². The number of nitro groups is 1. The third-order valence-corrected chi connectivity index (χ3v) is 3.87. The molecule has 0 bridgehead atoms. The Hall–Kier alpha value is -2.90. The minimum Gasteiger partial charge on any atom is -0.494 e. The molecule has 134 valence electrons. The van der Waals surface area contributed by atoms with Crippen LogP contribution in [0.4, 0.5) is 11.4 Å². The average molecular weight is 348 g/mol. The van der Waals surface area contributed by atoms with E-state index >= 15 is 0 Å². The summed E-state index contributed by atoms with van der Waals surface area (Å²) in [7, 11) is 1.34. The summed E-state index contributed by atoms with van der Waals surface area (Å²) in [5.74, 6) is -0.660. The molecule has 0 unspecified atom stereocenters. The van der Waals surface area contributed by atoms with Gasteiger partial charge in [0.15, 0.2) is 6.10 Å². The lowest BCUT2D eigenvalue weighted by atomic mass is 10.1. The van der Waals surface area contributed by atoms with E-state index in [2.05, 4.69) is 5.32 Å². The fourth-order valence-corrected chi connectivity index (χ4v) is 2.51. The largest absolute Gasteiger partial charge is 0.494 e. The lowest BCUT2D eigenvalue weighted by Crippen LogP contribution is -2.30. The third kappa shape index (κ3) is 5.03. The Labute approximate surface area is 145 Å². The smallest absolute Gasteiger partial charge is 0.307 e. The van der Waals surface area contributed by atoms with Crippen molar-refractivity contribution in [1.29, 1.82) is 0 Å². The highest BCUT2D eigenvalue weighted by Gasteiger charge is 2.22. The van der Waals surface area contributed by atoms with Crippen molar-refractivity contribution >= 4 is 23.3 Å². The lowest BCUT2D eigenvalue weighted by Gasteiger charge is -2.16. The Morgan fingerprint density at radius 1 is 1.44 bits per heavy atom. The molecule has 0 aromatic heterocycles. The molecule has 2 rings (SSSR count). The van der Waals surface area contributed by atoms with E-state index in [1.165, 1.54) is 32.2 Å². The van der Waals surface area contributed by atoms with Crippen LogP contribution in [0.15, 0.2) is 30.4 Å². The van der Waals surface area contributed by atoms with Crippen LogP contribution < -0.4 is 10.1 Å². The molecule has 25 heavy (non-hydrogen) atoms. The molecule has 8 nitrogen and oxygen atoms in total. The molecule has 0 saturated heterocycles. The van der Waals surface area contributed by atoms with Gasteiger partial charge in [0.25, 0.3) is 11.6 Å². The minimum atomic E-state index is -0.988. The first kappa shape index (κ1) is 18.4. The van der Waals surface area contributed by atoms with Gasteiger partial charge in [-0.3, -0.25) is 19.7 Å². The molecule has 0 heterocycles. The summed E-state index contributed by atoms with van der Waals surface area (Å²) in [5, 5.41) is 13.3. The van der Waals surface area contributed by atoms with Crippen LogP contribution in [0.25, 0.3) is 0 Å². The molecule has 1 N–H and O–H groups in total. The highest BCUT2D eigenvalue weighted by Crippen LogP contribution is 2.29. The number of methoxy groups -OCH3 is 1. The fraction of sp³-hybridized carbons (Fsp3) is 0.412. The highest BCUT2D eigenvalue weighted by molar-refractivity contribution is 5.96. The maximum Gasteiger partial charge on any atom is 0.307 e. The number of nitrogens with one attached hydrogen (secondary N) is 1. The number of carbonyl (C=O) groups excluding carboxylic acids is 2. The monoisotopic (exact) mass is 348 g/mol. The summed E-state index contributed by atoms with van der Waals surface area (Å²) in [6.07, 6.45) is 5.12. The number of non-ortho nitro benzene ring substituents is 1. The van der Waals surface area contributed by atoms with E-state index in [-0.39, 0.29) is 29.5 Å². The Balaban J connectivity index is 1.94. The maximum absolute atomic E-state index is 12.2. The summed E-state index contributed by atoms with van der Waals surface area (Å²) in [6, 6.07) is 3.83. The summed E-state index contributed by atoms with van der Waals surface area (Å²) < 4.78 is 10.2. The van der Waals surface area contributed by atoms with Gasteiger partial charge in [0.05, 0.1) is 30.2 Å². The van der Waals surface area contributed by atoms with E-state index in [9.17, 15) is 19.7 Å². The average Bonchev–Trinajstić information content (AvgIpc) is 3.07. The third-order valence-electron chi connectivity index (χ3n) is 3.87. The van der Waals surface area contributed by atoms with Crippen LogP contribution in [-0.2, 0) is 14.3 Å². The summed E-state index contributed by atoms with van der Waals surface area (Å²) in [6.45, 7) is 1.47. The standard InChI is InChI=1S/C17H20N2O6/c1-11(25-16(20)9-12-5-3-4-6-12)17(21)18-14-8-7-13(19(22)23)10-15(14)24-2/h3,5,7-8,10-12H,4,6,9H2,1-2H3,(H,18,21)/t11-,12+/m1/s1. The van der Waals surface area contributed by atoms with Gasteiger partial charge in [-0.15, -0.1) is 0 Å². The number of benzene rings is 1. The SMILES string of the molecule is COc1cc([N+](=O)[O-])ccc1NC(=O)[C@@H](C)OC(=O)C[C@H]1C=CCC1. The number of nitro benzene ring substituents is 1. The maximum atomic E-state index is 12.2. The number of hydrogen-bond acceptors (Lipinski definition) is 6. The molecule has 1 aliphatic rings. The first-order valence-electron chi connectivity index (χ1n) is 7.90. The molecule has 1 amide bonds. The number of rotatable bonds is 7. The van der Waals surface area contributed by atoms with Gasteiger partial charge >= 0.3 is 5.97 Å². The molecular formula is C17H20N2O6. The number of amides is 1. The zero-order chi connectivity index (χ0) is 18.4. The zero-order valence-corrected chi connectivity index (χ0v) is 14.1. The van der Waals surface area contributed by atoms with Gasteiger partial charge in [-0.1, -0.05) is 12.2 Å². The van der Waals surface area contributed by atoms with Crippen molar-refractivity contribution in [2.24, 2.45) is 5.92 Å². The molecule has 0 spiro atoms. The Bertz CT molecular complexity index is 700. The summed E-state index contributed by atoms with van der Waals surface area (Å²) >= 11 is 0. The van der Waals surface area contributed by atoms with Crippen LogP contribution in [0.3, 0.4) is 0 Å². The van der Waals surface area contributed by atoms with E-state index in [1.54, 1.807) is 0 Å². The quantitative estimate of drug-likeness (QED) is 0.351. The zero-order valence-electron chi connectivity index (χ0n) is 14.1. The number of hydrogen-bond donors (Lipinski definition) is 1. The number of nitrogens with zero attached hydrogens (tertiary/aromatic N) is 1. The van der Waals surface area contributed by atoms with Gasteiger partial charge in [-0.2, -0.15) is 0 Å². The van der Waals surface area contributed by atoms with Crippen LogP contribution in [0.5, 0.6) is 5.75 Å². The normalized spacial score (nSPS) is 17.0. The molecule has 1 aromatic carbocycles. The van der Waals surface area contributed by atoms with E-state index in [1.807, 2.05) is 12.2 Å². The van der Waals surface area contributed by atoms with Crippen molar-refractivity contribution in [3.63, 3.8) is 0 Å². The predicted molar refractivity (Wildman–Crippen MR) is 90.3 cm³/mol. The van der Waals surface area contributed by atoms with Crippen LogP contribution in [0, 0.1) is 16.0 Å². The first-order chi connectivity index (χ1) is 11.9. The van der Waals surface area contributed by atoms with Gasteiger partial charge in [-0.25, -0.2) is 0 Å². The van der Waals surface area contributed by atoms with Gasteiger partial charge in [-0.05, 0) is 31.7 Å². The Morgan fingerprint density at radius 3 is 2.80 bits per heavy atom. The molecule has 0 fully saturated rings. The summed E-state index contributed by atoms with van der Waals surface area (Å²) in [5.41, 5.74) is 0.110. The van der Waals surface area contributed by atoms with Gasteiger partial charge < -0.3 is 14.8 Å². The Kier molecular flexibility index (Phi) is 6.10. The molecule has 0 aliphatic heterocycles. The molecular weight excluding hydrogens is 328 g/mol. The van der Waals surface area contributed by atoms with Crippen molar-refractivity contribution in [1.82, 2.24) is 0 Å². The van der Waals surface area contributed by atoms with Crippen molar-refractivity contribution in [3.05, 3.63) is 40.5 Å². The van der Waals surface area contributed by atoms with E-state index < -0.39 is 22.9 Å². The van der Waals surface area contributed by atoms with Crippen molar-refractivity contribution in [2.75, 3.05) is 12.4 Å². The van der Waals surface area contributed by atoms with Crippen LogP contribution in [0.1, 0.15) is 26.2 Å². The number of esters is 1. The van der Waals surface area contributed by atoms with Crippen LogP contribution in [-0.4, -0.2) is 30.0 Å². The number of allylic oxidation sites excluding steroid dienone is 2. The second-order valence-corrected chi connectivity index (χ2v) is 5.73. The summed E-state index contributed by atoms with van der Waals surface area (Å²) in [4.78, 5) is 34.3. The second kappa shape index (κ2) is 8.27. The number of carbonyl (C=O) groups is 2. The molecule has 0 saturated carbocycles. The topological polar surface area (TPSA) is 108 Å². The van der Waals surface area contributed by atoms with E-state index in [0.717, 1.165) is 12.8 Å². The van der Waals surface area contributed by atoms with E-state index in [0.29, 0.717) is 0 Å². The molecule has 0 radical (unpaired) electrons. The number of anilines is 1. The second-order valence-electron chi connectivity index (χ2n) is 5.73. The molecule has 1 aliphatic carbocycles.